The number of hydrogen-bond donors (Lipinski definition) is 1. The van der Waals surface area contributed by atoms with Gasteiger partial charge in [-0.1, -0.05) is 36.4 Å². The van der Waals surface area contributed by atoms with Gasteiger partial charge in [-0.15, -0.1) is 0 Å². The van der Waals surface area contributed by atoms with Crippen molar-refractivity contribution in [2.24, 2.45) is 0 Å². The molecule has 4 nitrogen and oxygen atoms in total. The van der Waals surface area contributed by atoms with Gasteiger partial charge in [0.25, 0.3) is 0 Å². The average Bonchev–Trinajstić information content (AvgIpc) is 3.15. The fourth-order valence-corrected chi connectivity index (χ4v) is 3.01. The van der Waals surface area contributed by atoms with Gasteiger partial charge in [0.05, 0.1) is 16.6 Å². The van der Waals surface area contributed by atoms with Crippen LogP contribution in [-0.2, 0) is 6.61 Å². The van der Waals surface area contributed by atoms with Crippen LogP contribution in [-0.4, -0.2) is 9.97 Å². The van der Waals surface area contributed by atoms with Gasteiger partial charge in [-0.3, -0.25) is 0 Å². The molecule has 0 aliphatic carbocycles. The van der Waals surface area contributed by atoms with Gasteiger partial charge in [-0.2, -0.15) is 5.26 Å². The van der Waals surface area contributed by atoms with E-state index in [0.717, 1.165) is 22.2 Å². The molecule has 29 heavy (non-hydrogen) atoms. The van der Waals surface area contributed by atoms with Crippen molar-refractivity contribution in [2.45, 2.75) is 13.5 Å². The standard InChI is InChI=1S/C24H18FN3O/c1-16-6-11-22-23(12-16)28-24(27-22)19(14-26)13-17-7-9-20(10-8-17)29-15-18-4-2-3-5-21(18)25/h2-13H,15H2,1H3,(H,27,28). The summed E-state index contributed by atoms with van der Waals surface area (Å²) < 4.78 is 19.3. The first-order valence-electron chi connectivity index (χ1n) is 9.17. The van der Waals surface area contributed by atoms with Gasteiger partial charge in [-0.25, -0.2) is 9.37 Å². The van der Waals surface area contributed by atoms with Crippen LogP contribution < -0.4 is 4.74 Å². The van der Waals surface area contributed by atoms with E-state index in [0.29, 0.717) is 22.7 Å². The van der Waals surface area contributed by atoms with Crippen LogP contribution in [0.4, 0.5) is 4.39 Å². The molecule has 0 unspecified atom stereocenters. The third kappa shape index (κ3) is 4.17. The topological polar surface area (TPSA) is 61.7 Å². The summed E-state index contributed by atoms with van der Waals surface area (Å²) >= 11 is 0. The Hall–Kier alpha value is -3.91. The molecule has 1 heterocycles. The number of hydrogen-bond acceptors (Lipinski definition) is 3. The number of benzene rings is 3. The average molecular weight is 383 g/mol. The molecule has 5 heteroatoms. The third-order valence-corrected chi connectivity index (χ3v) is 4.56. The van der Waals surface area contributed by atoms with Crippen LogP contribution in [0.3, 0.4) is 0 Å². The molecule has 4 rings (SSSR count). The Morgan fingerprint density at radius 1 is 1.14 bits per heavy atom. The Kier molecular flexibility index (Phi) is 5.08. The Morgan fingerprint density at radius 2 is 1.93 bits per heavy atom. The van der Waals surface area contributed by atoms with Crippen molar-refractivity contribution >= 4 is 22.7 Å². The highest BCUT2D eigenvalue weighted by Crippen LogP contribution is 2.22. The number of aromatic nitrogens is 2. The zero-order chi connectivity index (χ0) is 20.2. The number of fused-ring (bicyclic) bond motifs is 1. The SMILES string of the molecule is Cc1ccc2nc(C(C#N)=Cc3ccc(OCc4ccccc4F)cc3)[nH]c2c1. The molecule has 3 aromatic carbocycles. The minimum absolute atomic E-state index is 0.156. The number of nitriles is 1. The summed E-state index contributed by atoms with van der Waals surface area (Å²) in [6.07, 6.45) is 1.77. The molecule has 4 aromatic rings. The van der Waals surface area contributed by atoms with Crippen molar-refractivity contribution in [1.82, 2.24) is 9.97 Å². The first kappa shape index (κ1) is 18.5. The van der Waals surface area contributed by atoms with E-state index >= 15 is 0 Å². The number of aromatic amines is 1. The van der Waals surface area contributed by atoms with E-state index in [2.05, 4.69) is 16.0 Å². The number of allylic oxidation sites excluding steroid dienone is 1. The maximum Gasteiger partial charge on any atom is 0.149 e. The first-order valence-corrected chi connectivity index (χ1v) is 9.17. The summed E-state index contributed by atoms with van der Waals surface area (Å²) in [4.78, 5) is 7.70. The molecule has 1 N–H and O–H groups in total. The highest BCUT2D eigenvalue weighted by atomic mass is 19.1. The number of halogens is 1. The molecule has 0 amide bonds. The van der Waals surface area contributed by atoms with Crippen LogP contribution in [0.1, 0.15) is 22.5 Å². The van der Waals surface area contributed by atoms with Gasteiger partial charge in [-0.05, 0) is 54.5 Å². The van der Waals surface area contributed by atoms with Gasteiger partial charge < -0.3 is 9.72 Å². The fourth-order valence-electron chi connectivity index (χ4n) is 3.01. The predicted molar refractivity (Wildman–Crippen MR) is 111 cm³/mol. The second-order valence-electron chi connectivity index (χ2n) is 6.72. The molecule has 0 bridgehead atoms. The highest BCUT2D eigenvalue weighted by Gasteiger charge is 2.08. The zero-order valence-electron chi connectivity index (χ0n) is 15.8. The second kappa shape index (κ2) is 7.99. The number of nitrogens with zero attached hydrogens (tertiary/aromatic N) is 2. The molecule has 0 saturated carbocycles. The largest absolute Gasteiger partial charge is 0.489 e. The van der Waals surface area contributed by atoms with Crippen LogP contribution in [0, 0.1) is 24.1 Å². The minimum atomic E-state index is -0.285. The molecule has 0 saturated heterocycles. The fraction of sp³-hybridized carbons (Fsp3) is 0.0833. The van der Waals surface area contributed by atoms with Gasteiger partial charge in [0, 0.05) is 5.56 Å². The molecular weight excluding hydrogens is 365 g/mol. The van der Waals surface area contributed by atoms with E-state index in [1.54, 1.807) is 36.4 Å². The summed E-state index contributed by atoms with van der Waals surface area (Å²) in [5.74, 6) is 0.878. The van der Waals surface area contributed by atoms with Gasteiger partial charge in [0.1, 0.15) is 30.1 Å². The van der Waals surface area contributed by atoms with Crippen molar-refractivity contribution in [3.63, 3.8) is 0 Å². The number of nitrogens with one attached hydrogen (secondary N) is 1. The van der Waals surface area contributed by atoms with Gasteiger partial charge >= 0.3 is 0 Å². The molecule has 0 aliphatic heterocycles. The maximum atomic E-state index is 13.7. The van der Waals surface area contributed by atoms with Gasteiger partial charge in [0.2, 0.25) is 0 Å². The van der Waals surface area contributed by atoms with Crippen LogP contribution in [0.15, 0.2) is 66.7 Å². The smallest absolute Gasteiger partial charge is 0.149 e. The lowest BCUT2D eigenvalue weighted by molar-refractivity contribution is 0.300. The zero-order valence-corrected chi connectivity index (χ0v) is 15.8. The van der Waals surface area contributed by atoms with E-state index in [4.69, 9.17) is 4.74 Å². The lowest BCUT2D eigenvalue weighted by Crippen LogP contribution is -1.98. The summed E-state index contributed by atoms with van der Waals surface area (Å²) in [5.41, 5.74) is 4.64. The Balaban J connectivity index is 1.52. The molecule has 0 radical (unpaired) electrons. The molecular formula is C24H18FN3O. The molecule has 142 valence electrons. The molecule has 1 aromatic heterocycles. The maximum absolute atomic E-state index is 13.7. The lowest BCUT2D eigenvalue weighted by atomic mass is 10.1. The number of rotatable bonds is 5. The van der Waals surface area contributed by atoms with Crippen molar-refractivity contribution < 1.29 is 9.13 Å². The molecule has 0 atom stereocenters. The number of imidazole rings is 1. The predicted octanol–water partition coefficient (Wildman–Crippen LogP) is 5.65. The van der Waals surface area contributed by atoms with Crippen molar-refractivity contribution in [3.8, 4) is 11.8 Å². The first-order chi connectivity index (χ1) is 14.1. The lowest BCUT2D eigenvalue weighted by Gasteiger charge is -2.07. The number of H-pyrrole nitrogens is 1. The number of aryl methyl sites for hydroxylation is 1. The van der Waals surface area contributed by atoms with E-state index in [1.165, 1.54) is 6.07 Å². The second-order valence-corrected chi connectivity index (χ2v) is 6.72. The van der Waals surface area contributed by atoms with Crippen LogP contribution in [0.25, 0.3) is 22.7 Å². The van der Waals surface area contributed by atoms with Crippen LogP contribution >= 0.6 is 0 Å². The summed E-state index contributed by atoms with van der Waals surface area (Å²) in [5, 5.41) is 9.57. The minimum Gasteiger partial charge on any atom is -0.489 e. The van der Waals surface area contributed by atoms with Crippen molar-refractivity contribution in [1.29, 1.82) is 5.26 Å². The Morgan fingerprint density at radius 3 is 2.69 bits per heavy atom. The van der Waals surface area contributed by atoms with E-state index in [9.17, 15) is 9.65 Å². The van der Waals surface area contributed by atoms with Crippen molar-refractivity contribution in [3.05, 3.63) is 95.1 Å². The monoisotopic (exact) mass is 383 g/mol. The van der Waals surface area contributed by atoms with E-state index in [1.807, 2.05) is 37.3 Å². The molecule has 0 spiro atoms. The molecule has 0 fully saturated rings. The van der Waals surface area contributed by atoms with Crippen molar-refractivity contribution in [2.75, 3.05) is 0 Å². The quantitative estimate of drug-likeness (QED) is 0.453. The summed E-state index contributed by atoms with van der Waals surface area (Å²) in [6.45, 7) is 2.17. The van der Waals surface area contributed by atoms with Crippen LogP contribution in [0.2, 0.25) is 0 Å². The Labute approximate surface area is 167 Å². The Bertz CT molecular complexity index is 1230. The van der Waals surface area contributed by atoms with Crippen LogP contribution in [0.5, 0.6) is 5.75 Å². The summed E-state index contributed by atoms with van der Waals surface area (Å²) in [7, 11) is 0. The van der Waals surface area contributed by atoms with E-state index in [-0.39, 0.29) is 12.4 Å². The van der Waals surface area contributed by atoms with Gasteiger partial charge in [0.15, 0.2) is 0 Å². The van der Waals surface area contributed by atoms with E-state index < -0.39 is 0 Å². The highest BCUT2D eigenvalue weighted by molar-refractivity contribution is 5.90. The third-order valence-electron chi connectivity index (χ3n) is 4.56. The number of ether oxygens (including phenoxy) is 1. The molecule has 0 aliphatic rings. The normalized spacial score (nSPS) is 11.4. The summed E-state index contributed by atoms with van der Waals surface area (Å²) in [6, 6.07) is 21.9.